The second kappa shape index (κ2) is 10.1. The summed E-state index contributed by atoms with van der Waals surface area (Å²) in [6.45, 7) is 4.22. The summed E-state index contributed by atoms with van der Waals surface area (Å²) in [5, 5.41) is 5.34. The third-order valence-electron chi connectivity index (χ3n) is 6.88. The van der Waals surface area contributed by atoms with Crippen LogP contribution in [-0.4, -0.2) is 57.9 Å². The summed E-state index contributed by atoms with van der Waals surface area (Å²) in [4.78, 5) is 14.3. The number of nitrogen functional groups attached to an aromatic ring is 1. The molecule has 1 saturated heterocycles. The molecular formula is C29H28FN7O. The fourth-order valence-corrected chi connectivity index (χ4v) is 4.85. The molecule has 0 aliphatic carbocycles. The molecule has 38 heavy (non-hydrogen) atoms. The predicted octanol–water partition coefficient (Wildman–Crippen LogP) is 4.53. The van der Waals surface area contributed by atoms with Crippen LogP contribution < -0.4 is 15.4 Å². The van der Waals surface area contributed by atoms with Crippen LogP contribution in [0.4, 0.5) is 16.2 Å². The van der Waals surface area contributed by atoms with E-state index in [1.54, 1.807) is 17.9 Å². The number of methoxy groups -OCH3 is 1. The molecule has 1 aliphatic heterocycles. The number of hydrogen-bond acceptors (Lipinski definition) is 7. The van der Waals surface area contributed by atoms with Crippen molar-refractivity contribution in [3.63, 3.8) is 0 Å². The summed E-state index contributed by atoms with van der Waals surface area (Å²) in [7, 11) is 1.62. The lowest BCUT2D eigenvalue weighted by Crippen LogP contribution is -2.46. The van der Waals surface area contributed by atoms with Gasteiger partial charge in [-0.15, -0.1) is 5.10 Å². The van der Waals surface area contributed by atoms with Crippen molar-refractivity contribution in [2.24, 2.45) is 0 Å². The minimum absolute atomic E-state index is 0.341. The number of nitrogens with two attached hydrogens (primary N) is 1. The smallest absolute Gasteiger partial charge is 0.228 e. The highest BCUT2D eigenvalue weighted by Gasteiger charge is 2.24. The van der Waals surface area contributed by atoms with Crippen molar-refractivity contribution in [2.45, 2.75) is 6.54 Å². The highest BCUT2D eigenvalue weighted by Crippen LogP contribution is 2.34. The van der Waals surface area contributed by atoms with Gasteiger partial charge in [-0.1, -0.05) is 42.5 Å². The second-order valence-corrected chi connectivity index (χ2v) is 9.33. The molecule has 0 amide bonds. The molecule has 3 aromatic carbocycles. The van der Waals surface area contributed by atoms with Gasteiger partial charge >= 0.3 is 0 Å². The van der Waals surface area contributed by atoms with E-state index in [-0.39, 0.29) is 5.82 Å². The summed E-state index contributed by atoms with van der Waals surface area (Å²) in [5.74, 6) is 1.35. The van der Waals surface area contributed by atoms with Crippen LogP contribution in [0.5, 0.6) is 5.75 Å². The molecular weight excluding hydrogens is 481 g/mol. The van der Waals surface area contributed by atoms with Crippen molar-refractivity contribution in [1.82, 2.24) is 24.6 Å². The number of benzene rings is 3. The molecule has 6 rings (SSSR count). The number of aromatic nitrogens is 4. The molecule has 5 aromatic rings. The van der Waals surface area contributed by atoms with Crippen LogP contribution >= 0.6 is 0 Å². The first-order valence-corrected chi connectivity index (χ1v) is 12.6. The van der Waals surface area contributed by atoms with Crippen LogP contribution in [-0.2, 0) is 6.54 Å². The molecule has 0 saturated carbocycles. The molecule has 8 nitrogen and oxygen atoms in total. The molecule has 9 heteroatoms. The van der Waals surface area contributed by atoms with E-state index in [1.165, 1.54) is 17.7 Å². The van der Waals surface area contributed by atoms with Crippen molar-refractivity contribution in [3.05, 3.63) is 90.2 Å². The number of rotatable bonds is 6. The summed E-state index contributed by atoms with van der Waals surface area (Å²) >= 11 is 0. The van der Waals surface area contributed by atoms with E-state index in [4.69, 9.17) is 25.5 Å². The number of halogens is 1. The number of hydrogen-bond donors (Lipinski definition) is 1. The Bertz CT molecular complexity index is 1560. The SMILES string of the molecule is COc1ccc(-n2nc3nc(N4CCN(Cc5ccccc5)CC4)nc(-c4cccc(F)c4)c3c2N)cc1. The second-order valence-electron chi connectivity index (χ2n) is 9.33. The molecule has 0 radical (unpaired) electrons. The molecule has 0 unspecified atom stereocenters. The molecule has 0 atom stereocenters. The molecule has 0 spiro atoms. The van der Waals surface area contributed by atoms with Crippen molar-refractivity contribution in [3.8, 4) is 22.7 Å². The molecule has 3 heterocycles. The monoisotopic (exact) mass is 509 g/mol. The van der Waals surface area contributed by atoms with Crippen LogP contribution in [0.15, 0.2) is 78.9 Å². The van der Waals surface area contributed by atoms with Gasteiger partial charge in [-0.25, -0.2) is 14.1 Å². The Hall–Kier alpha value is -4.50. The Morgan fingerprint density at radius 2 is 1.66 bits per heavy atom. The highest BCUT2D eigenvalue weighted by atomic mass is 19.1. The van der Waals surface area contributed by atoms with Gasteiger partial charge in [-0.2, -0.15) is 4.98 Å². The Morgan fingerprint density at radius 3 is 2.37 bits per heavy atom. The summed E-state index contributed by atoms with van der Waals surface area (Å²) in [5.41, 5.74) is 10.3. The summed E-state index contributed by atoms with van der Waals surface area (Å²) < 4.78 is 21.2. The average molecular weight is 510 g/mol. The lowest BCUT2D eigenvalue weighted by Gasteiger charge is -2.34. The zero-order chi connectivity index (χ0) is 26.1. The molecule has 192 valence electrons. The van der Waals surface area contributed by atoms with Crippen molar-refractivity contribution in [1.29, 1.82) is 0 Å². The largest absolute Gasteiger partial charge is 0.497 e. The first-order chi connectivity index (χ1) is 18.6. The standard InChI is InChI=1S/C29H28FN7O/c1-38-24-12-10-23(11-13-24)37-27(31)25-26(21-8-5-9-22(30)18-21)32-29(33-28(25)34-37)36-16-14-35(15-17-36)19-20-6-3-2-4-7-20/h2-13,18H,14-17,19,31H2,1H3. The zero-order valence-electron chi connectivity index (χ0n) is 21.1. The van der Waals surface area contributed by atoms with E-state index in [2.05, 4.69) is 34.1 Å². The Kier molecular flexibility index (Phi) is 6.35. The van der Waals surface area contributed by atoms with Gasteiger partial charge in [0.2, 0.25) is 5.95 Å². The quantitative estimate of drug-likeness (QED) is 0.360. The van der Waals surface area contributed by atoms with Gasteiger partial charge in [0.05, 0.1) is 23.9 Å². The minimum Gasteiger partial charge on any atom is -0.497 e. The van der Waals surface area contributed by atoms with E-state index in [0.717, 1.165) is 44.2 Å². The van der Waals surface area contributed by atoms with E-state index in [9.17, 15) is 4.39 Å². The molecule has 0 bridgehead atoms. The fraction of sp³-hybridized carbons (Fsp3) is 0.207. The Morgan fingerprint density at radius 1 is 0.895 bits per heavy atom. The average Bonchev–Trinajstić information content (AvgIpc) is 3.29. The van der Waals surface area contributed by atoms with E-state index in [0.29, 0.717) is 34.1 Å². The van der Waals surface area contributed by atoms with Gasteiger partial charge in [0.25, 0.3) is 0 Å². The summed E-state index contributed by atoms with van der Waals surface area (Å²) in [6.07, 6.45) is 0. The van der Waals surface area contributed by atoms with E-state index >= 15 is 0 Å². The normalized spacial score (nSPS) is 14.2. The Labute approximate surface area is 220 Å². The maximum absolute atomic E-state index is 14.2. The number of piperazine rings is 1. The third kappa shape index (κ3) is 4.64. The number of fused-ring (bicyclic) bond motifs is 1. The molecule has 2 aromatic heterocycles. The third-order valence-corrected chi connectivity index (χ3v) is 6.88. The maximum atomic E-state index is 14.2. The van der Waals surface area contributed by atoms with Crippen LogP contribution in [0.3, 0.4) is 0 Å². The topological polar surface area (TPSA) is 85.3 Å². The van der Waals surface area contributed by atoms with Crippen molar-refractivity contribution < 1.29 is 9.13 Å². The zero-order valence-corrected chi connectivity index (χ0v) is 21.1. The van der Waals surface area contributed by atoms with Crippen LogP contribution in [0.2, 0.25) is 0 Å². The molecule has 1 aliphatic rings. The van der Waals surface area contributed by atoms with Crippen molar-refractivity contribution >= 4 is 22.8 Å². The van der Waals surface area contributed by atoms with Crippen LogP contribution in [0.25, 0.3) is 28.0 Å². The fourth-order valence-electron chi connectivity index (χ4n) is 4.85. The number of ether oxygens (including phenoxy) is 1. The highest BCUT2D eigenvalue weighted by molar-refractivity contribution is 5.99. The van der Waals surface area contributed by atoms with Crippen LogP contribution in [0, 0.1) is 5.82 Å². The lowest BCUT2D eigenvalue weighted by molar-refractivity contribution is 0.249. The van der Waals surface area contributed by atoms with Gasteiger partial charge < -0.3 is 15.4 Å². The number of anilines is 2. The van der Waals surface area contributed by atoms with Crippen LogP contribution in [0.1, 0.15) is 5.56 Å². The lowest BCUT2D eigenvalue weighted by atomic mass is 10.1. The Balaban J connectivity index is 1.37. The predicted molar refractivity (Wildman–Crippen MR) is 147 cm³/mol. The van der Waals surface area contributed by atoms with Gasteiger partial charge in [-0.05, 0) is 42.0 Å². The maximum Gasteiger partial charge on any atom is 0.228 e. The van der Waals surface area contributed by atoms with E-state index < -0.39 is 0 Å². The number of nitrogens with zero attached hydrogens (tertiary/aromatic N) is 6. The van der Waals surface area contributed by atoms with Crippen molar-refractivity contribution in [2.75, 3.05) is 43.9 Å². The van der Waals surface area contributed by atoms with Gasteiger partial charge in [0.1, 0.15) is 17.4 Å². The first kappa shape index (κ1) is 23.9. The van der Waals surface area contributed by atoms with Gasteiger partial charge in [0, 0.05) is 38.3 Å². The molecule has 2 N–H and O–H groups in total. The summed E-state index contributed by atoms with van der Waals surface area (Å²) in [6, 6.07) is 24.3. The van der Waals surface area contributed by atoms with Gasteiger partial charge in [0.15, 0.2) is 5.65 Å². The van der Waals surface area contributed by atoms with E-state index in [1.807, 2.05) is 36.4 Å². The molecule has 1 fully saturated rings. The minimum atomic E-state index is -0.341. The first-order valence-electron chi connectivity index (χ1n) is 12.6. The van der Waals surface area contributed by atoms with Gasteiger partial charge in [-0.3, -0.25) is 4.90 Å².